The van der Waals surface area contributed by atoms with E-state index < -0.39 is 0 Å². The van der Waals surface area contributed by atoms with Crippen LogP contribution in [-0.4, -0.2) is 21.8 Å². The fourth-order valence-corrected chi connectivity index (χ4v) is 1.66. The summed E-state index contributed by atoms with van der Waals surface area (Å²) in [5.74, 6) is 0.0114. The summed E-state index contributed by atoms with van der Waals surface area (Å²) >= 11 is 0. The molecule has 2 N–H and O–H groups in total. The maximum atomic E-state index is 11.8. The van der Waals surface area contributed by atoms with Gasteiger partial charge in [0.25, 0.3) is 0 Å². The van der Waals surface area contributed by atoms with Gasteiger partial charge in [-0.25, -0.2) is 9.97 Å². The van der Waals surface area contributed by atoms with Crippen molar-refractivity contribution in [1.82, 2.24) is 9.97 Å². The average Bonchev–Trinajstić information content (AvgIpc) is 2.16. The van der Waals surface area contributed by atoms with Crippen molar-refractivity contribution in [2.24, 2.45) is 11.1 Å². The number of Topliss-reactive ketones (excluding diaryl/α,β-unsaturated/α-hetero) is 1. The number of hydrogen-bond acceptors (Lipinski definition) is 4. The number of aromatic nitrogens is 2. The summed E-state index contributed by atoms with van der Waals surface area (Å²) in [5, 5.41) is 0. The Bertz CT molecular complexity index is 343. The van der Waals surface area contributed by atoms with E-state index in [0.29, 0.717) is 12.0 Å². The molecule has 1 aromatic rings. The minimum atomic E-state index is -0.104. The summed E-state index contributed by atoms with van der Waals surface area (Å²) in [7, 11) is 0. The molecule has 1 aromatic heterocycles. The zero-order valence-corrected chi connectivity index (χ0v) is 10.1. The lowest BCUT2D eigenvalue weighted by Gasteiger charge is -2.22. The summed E-state index contributed by atoms with van der Waals surface area (Å²) in [6.07, 6.45) is 5.64. The molecule has 0 radical (unpaired) electrons. The van der Waals surface area contributed by atoms with Crippen LogP contribution >= 0.6 is 0 Å². The molecule has 0 saturated heterocycles. The van der Waals surface area contributed by atoms with Crippen LogP contribution in [0.5, 0.6) is 0 Å². The lowest BCUT2D eigenvalue weighted by molar-refractivity contribution is 0.0967. The summed E-state index contributed by atoms with van der Waals surface area (Å²) in [4.78, 5) is 19.4. The summed E-state index contributed by atoms with van der Waals surface area (Å²) in [5.41, 5.74) is 6.62. The molecule has 16 heavy (non-hydrogen) atoms. The van der Waals surface area contributed by atoms with Gasteiger partial charge in [0.2, 0.25) is 0 Å². The second-order valence-electron chi connectivity index (χ2n) is 5.28. The molecule has 4 nitrogen and oxygen atoms in total. The quantitative estimate of drug-likeness (QED) is 0.787. The van der Waals surface area contributed by atoms with E-state index in [2.05, 4.69) is 30.7 Å². The molecule has 0 aromatic carbocycles. The van der Waals surface area contributed by atoms with Gasteiger partial charge in [0.05, 0.1) is 5.56 Å². The third-order valence-corrected chi connectivity index (χ3v) is 2.20. The van der Waals surface area contributed by atoms with Crippen molar-refractivity contribution in [2.75, 3.05) is 0 Å². The third kappa shape index (κ3) is 4.49. The van der Waals surface area contributed by atoms with Gasteiger partial charge in [0, 0.05) is 24.9 Å². The molecule has 0 fully saturated rings. The standard InChI is InChI=1S/C12H19N3O/c1-12(2,3)5-10(13)4-11(16)9-6-14-8-15-7-9/h6-8,10H,4-5,13H2,1-3H3. The predicted octanol–water partition coefficient (Wildman–Crippen LogP) is 1.81. The van der Waals surface area contributed by atoms with E-state index in [1.54, 1.807) is 0 Å². The van der Waals surface area contributed by atoms with Crippen molar-refractivity contribution in [2.45, 2.75) is 39.7 Å². The molecule has 1 atom stereocenters. The molecule has 88 valence electrons. The average molecular weight is 221 g/mol. The van der Waals surface area contributed by atoms with Gasteiger partial charge < -0.3 is 5.73 Å². The largest absolute Gasteiger partial charge is 0.327 e. The van der Waals surface area contributed by atoms with E-state index in [4.69, 9.17) is 5.73 Å². The highest BCUT2D eigenvalue weighted by Crippen LogP contribution is 2.21. The Morgan fingerprint density at radius 2 is 1.94 bits per heavy atom. The highest BCUT2D eigenvalue weighted by atomic mass is 16.1. The van der Waals surface area contributed by atoms with Gasteiger partial charge in [-0.2, -0.15) is 0 Å². The zero-order valence-electron chi connectivity index (χ0n) is 10.1. The molecule has 0 saturated carbocycles. The minimum Gasteiger partial charge on any atom is -0.327 e. The van der Waals surface area contributed by atoms with Crippen LogP contribution < -0.4 is 5.73 Å². The van der Waals surface area contributed by atoms with E-state index in [0.717, 1.165) is 6.42 Å². The van der Waals surface area contributed by atoms with E-state index >= 15 is 0 Å². The van der Waals surface area contributed by atoms with Crippen molar-refractivity contribution in [1.29, 1.82) is 0 Å². The van der Waals surface area contributed by atoms with E-state index in [9.17, 15) is 4.79 Å². The predicted molar refractivity (Wildman–Crippen MR) is 63.0 cm³/mol. The Balaban J connectivity index is 2.53. The van der Waals surface area contributed by atoms with Crippen LogP contribution in [-0.2, 0) is 0 Å². The molecule has 0 aliphatic rings. The molecule has 4 heteroatoms. The number of nitrogens with zero attached hydrogens (tertiary/aromatic N) is 2. The van der Waals surface area contributed by atoms with Crippen molar-refractivity contribution >= 4 is 5.78 Å². The second-order valence-corrected chi connectivity index (χ2v) is 5.28. The molecule has 0 aliphatic heterocycles. The van der Waals surface area contributed by atoms with Gasteiger partial charge in [-0.15, -0.1) is 0 Å². The topological polar surface area (TPSA) is 68.9 Å². The molecule has 1 rings (SSSR count). The number of ketones is 1. The molecule has 0 aliphatic carbocycles. The smallest absolute Gasteiger partial charge is 0.167 e. The van der Waals surface area contributed by atoms with Crippen LogP contribution in [0.2, 0.25) is 0 Å². The minimum absolute atomic E-state index is 0.0114. The molecule has 0 spiro atoms. The molecule has 0 bridgehead atoms. The molecule has 1 heterocycles. The SMILES string of the molecule is CC(C)(C)CC(N)CC(=O)c1cncnc1. The number of nitrogens with two attached hydrogens (primary N) is 1. The van der Waals surface area contributed by atoms with E-state index in [1.807, 2.05) is 0 Å². The summed E-state index contributed by atoms with van der Waals surface area (Å²) in [6, 6.07) is -0.104. The van der Waals surface area contributed by atoms with Gasteiger partial charge in [0.15, 0.2) is 5.78 Å². The van der Waals surface area contributed by atoms with Crippen molar-refractivity contribution in [3.63, 3.8) is 0 Å². The molecule has 1 unspecified atom stereocenters. The second kappa shape index (κ2) is 5.16. The van der Waals surface area contributed by atoms with E-state index in [-0.39, 0.29) is 17.2 Å². The fraction of sp³-hybridized carbons (Fsp3) is 0.583. The Morgan fingerprint density at radius 3 is 2.44 bits per heavy atom. The van der Waals surface area contributed by atoms with Gasteiger partial charge >= 0.3 is 0 Å². The monoisotopic (exact) mass is 221 g/mol. The van der Waals surface area contributed by atoms with Crippen LogP contribution in [0.15, 0.2) is 18.7 Å². The van der Waals surface area contributed by atoms with Crippen LogP contribution in [0.1, 0.15) is 44.0 Å². The first-order valence-corrected chi connectivity index (χ1v) is 5.42. The Hall–Kier alpha value is -1.29. The number of carbonyl (C=O) groups excluding carboxylic acids is 1. The van der Waals surface area contributed by atoms with E-state index in [1.165, 1.54) is 18.7 Å². The number of carbonyl (C=O) groups is 1. The van der Waals surface area contributed by atoms with Crippen LogP contribution in [0.4, 0.5) is 0 Å². The fourth-order valence-electron chi connectivity index (χ4n) is 1.66. The lowest BCUT2D eigenvalue weighted by Crippen LogP contribution is -2.29. The maximum Gasteiger partial charge on any atom is 0.167 e. The summed E-state index contributed by atoms with van der Waals surface area (Å²) in [6.45, 7) is 6.34. The third-order valence-electron chi connectivity index (χ3n) is 2.20. The molecular weight excluding hydrogens is 202 g/mol. The van der Waals surface area contributed by atoms with Crippen LogP contribution in [0.3, 0.4) is 0 Å². The van der Waals surface area contributed by atoms with Crippen LogP contribution in [0, 0.1) is 5.41 Å². The number of hydrogen-bond donors (Lipinski definition) is 1. The van der Waals surface area contributed by atoms with Crippen molar-refractivity contribution in [3.05, 3.63) is 24.3 Å². The zero-order chi connectivity index (χ0) is 12.2. The first kappa shape index (κ1) is 12.8. The molecule has 0 amide bonds. The Kier molecular flexibility index (Phi) is 4.12. The highest BCUT2D eigenvalue weighted by Gasteiger charge is 2.18. The Labute approximate surface area is 96.3 Å². The van der Waals surface area contributed by atoms with Gasteiger partial charge in [-0.05, 0) is 11.8 Å². The Morgan fingerprint density at radius 1 is 1.38 bits per heavy atom. The first-order chi connectivity index (χ1) is 7.38. The first-order valence-electron chi connectivity index (χ1n) is 5.42. The van der Waals surface area contributed by atoms with Gasteiger partial charge in [0.1, 0.15) is 6.33 Å². The number of rotatable bonds is 4. The van der Waals surface area contributed by atoms with Gasteiger partial charge in [-0.3, -0.25) is 4.79 Å². The maximum absolute atomic E-state index is 11.8. The highest BCUT2D eigenvalue weighted by molar-refractivity contribution is 5.95. The van der Waals surface area contributed by atoms with Crippen LogP contribution in [0.25, 0.3) is 0 Å². The lowest BCUT2D eigenvalue weighted by atomic mass is 9.86. The van der Waals surface area contributed by atoms with Gasteiger partial charge in [-0.1, -0.05) is 20.8 Å². The van der Waals surface area contributed by atoms with Crippen molar-refractivity contribution in [3.8, 4) is 0 Å². The normalized spacial score (nSPS) is 13.5. The van der Waals surface area contributed by atoms with Crippen molar-refractivity contribution < 1.29 is 4.79 Å². The molecular formula is C12H19N3O. The summed E-state index contributed by atoms with van der Waals surface area (Å²) < 4.78 is 0.